The predicted octanol–water partition coefficient (Wildman–Crippen LogP) is 1.51. The molecular weight excluding hydrogens is 268 g/mol. The number of hydrogen-bond donors (Lipinski definition) is 2. The third kappa shape index (κ3) is 6.15. The van der Waals surface area contributed by atoms with Crippen molar-refractivity contribution in [1.82, 2.24) is 15.5 Å². The van der Waals surface area contributed by atoms with Crippen LogP contribution in [0.1, 0.15) is 18.5 Å². The van der Waals surface area contributed by atoms with Crippen LogP contribution in [0.3, 0.4) is 0 Å². The molecule has 0 saturated carbocycles. The first-order valence-electron chi connectivity index (χ1n) is 6.83. The molecule has 0 aliphatic heterocycles. The Morgan fingerprint density at radius 2 is 2.00 bits per heavy atom. The Kier molecular flexibility index (Phi) is 7.05. The van der Waals surface area contributed by atoms with Gasteiger partial charge in [0.1, 0.15) is 11.8 Å². The highest BCUT2D eigenvalue weighted by Gasteiger charge is 2.06. The number of benzene rings is 1. The third-order valence-electron chi connectivity index (χ3n) is 2.94. The van der Waals surface area contributed by atoms with Crippen LogP contribution in [0.5, 0.6) is 5.75 Å². The first kappa shape index (κ1) is 16.8. The standard InChI is InChI=1S/C15H22N4O2/c1-12(17-9-10-18-15(20)19(2)3)13-4-6-14(7-5-13)21-11-8-16/h4-7,12,17H,9-11H2,1-3H3,(H,18,20). The predicted molar refractivity (Wildman–Crippen MR) is 81.1 cm³/mol. The SMILES string of the molecule is CC(NCCNC(=O)N(C)C)c1ccc(OCC#N)cc1. The molecule has 0 aliphatic rings. The van der Waals surface area contributed by atoms with Gasteiger partial charge in [0.25, 0.3) is 0 Å². The number of carbonyl (C=O) groups is 1. The molecule has 0 radical (unpaired) electrons. The van der Waals surface area contributed by atoms with Crippen LogP contribution in [-0.4, -0.2) is 44.7 Å². The summed E-state index contributed by atoms with van der Waals surface area (Å²) in [5.74, 6) is 0.686. The van der Waals surface area contributed by atoms with E-state index < -0.39 is 0 Å². The van der Waals surface area contributed by atoms with Crippen LogP contribution in [0.15, 0.2) is 24.3 Å². The lowest BCUT2D eigenvalue weighted by Crippen LogP contribution is -2.38. The summed E-state index contributed by atoms with van der Waals surface area (Å²) in [7, 11) is 3.42. The Morgan fingerprint density at radius 1 is 1.33 bits per heavy atom. The lowest BCUT2D eigenvalue weighted by molar-refractivity contribution is 0.217. The average Bonchev–Trinajstić information content (AvgIpc) is 2.49. The van der Waals surface area contributed by atoms with Crippen molar-refractivity contribution in [2.24, 2.45) is 0 Å². The van der Waals surface area contributed by atoms with E-state index in [0.717, 1.165) is 5.56 Å². The minimum Gasteiger partial charge on any atom is -0.479 e. The molecule has 0 fully saturated rings. The number of hydrogen-bond acceptors (Lipinski definition) is 4. The van der Waals surface area contributed by atoms with Gasteiger partial charge in [-0.05, 0) is 24.6 Å². The van der Waals surface area contributed by atoms with E-state index in [9.17, 15) is 4.79 Å². The summed E-state index contributed by atoms with van der Waals surface area (Å²) in [6.07, 6.45) is 0. The van der Waals surface area contributed by atoms with Crippen LogP contribution < -0.4 is 15.4 Å². The number of nitrogens with one attached hydrogen (secondary N) is 2. The molecule has 0 spiro atoms. The minimum absolute atomic E-state index is 0.0543. The van der Waals surface area contributed by atoms with Crippen molar-refractivity contribution >= 4 is 6.03 Å². The first-order chi connectivity index (χ1) is 10.0. The summed E-state index contributed by atoms with van der Waals surface area (Å²) in [6.45, 7) is 3.37. The smallest absolute Gasteiger partial charge is 0.316 e. The van der Waals surface area contributed by atoms with Crippen molar-refractivity contribution in [3.05, 3.63) is 29.8 Å². The van der Waals surface area contributed by atoms with Crippen molar-refractivity contribution in [2.75, 3.05) is 33.8 Å². The van der Waals surface area contributed by atoms with E-state index in [1.54, 1.807) is 14.1 Å². The third-order valence-corrected chi connectivity index (χ3v) is 2.94. The van der Waals surface area contributed by atoms with Crippen LogP contribution in [0.25, 0.3) is 0 Å². The van der Waals surface area contributed by atoms with Gasteiger partial charge in [0.2, 0.25) is 0 Å². The lowest BCUT2D eigenvalue weighted by Gasteiger charge is -2.16. The number of rotatable bonds is 7. The second-order valence-electron chi connectivity index (χ2n) is 4.82. The average molecular weight is 290 g/mol. The molecule has 6 heteroatoms. The maximum Gasteiger partial charge on any atom is 0.316 e. The van der Waals surface area contributed by atoms with Gasteiger partial charge in [-0.15, -0.1) is 0 Å². The molecule has 1 rings (SSSR count). The normalized spacial score (nSPS) is 11.3. The van der Waals surface area contributed by atoms with Gasteiger partial charge in [0.15, 0.2) is 6.61 Å². The molecule has 1 aromatic rings. The van der Waals surface area contributed by atoms with Crippen LogP contribution in [0, 0.1) is 11.3 Å². The number of urea groups is 1. The van der Waals surface area contributed by atoms with E-state index in [0.29, 0.717) is 18.8 Å². The van der Waals surface area contributed by atoms with E-state index in [1.165, 1.54) is 4.90 Å². The molecule has 0 aromatic heterocycles. The molecule has 2 amide bonds. The topological polar surface area (TPSA) is 77.4 Å². The number of nitrogens with zero attached hydrogens (tertiary/aromatic N) is 2. The molecule has 6 nitrogen and oxygen atoms in total. The molecule has 0 bridgehead atoms. The largest absolute Gasteiger partial charge is 0.479 e. The van der Waals surface area contributed by atoms with Crippen molar-refractivity contribution in [3.8, 4) is 11.8 Å². The van der Waals surface area contributed by atoms with E-state index in [4.69, 9.17) is 10.00 Å². The number of amides is 2. The molecule has 0 aliphatic carbocycles. The van der Waals surface area contributed by atoms with Gasteiger partial charge >= 0.3 is 6.03 Å². The van der Waals surface area contributed by atoms with E-state index >= 15 is 0 Å². The summed E-state index contributed by atoms with van der Waals surface area (Å²) < 4.78 is 5.20. The highest BCUT2D eigenvalue weighted by atomic mass is 16.5. The van der Waals surface area contributed by atoms with Crippen LogP contribution in [0.2, 0.25) is 0 Å². The molecular formula is C15H22N4O2. The monoisotopic (exact) mass is 290 g/mol. The fraction of sp³-hybridized carbons (Fsp3) is 0.467. The molecule has 21 heavy (non-hydrogen) atoms. The highest BCUT2D eigenvalue weighted by Crippen LogP contribution is 2.17. The fourth-order valence-electron chi connectivity index (χ4n) is 1.70. The van der Waals surface area contributed by atoms with Crippen molar-refractivity contribution in [3.63, 3.8) is 0 Å². The van der Waals surface area contributed by atoms with E-state index in [-0.39, 0.29) is 18.7 Å². The van der Waals surface area contributed by atoms with E-state index in [2.05, 4.69) is 17.6 Å². The van der Waals surface area contributed by atoms with Gasteiger partial charge in [0.05, 0.1) is 0 Å². The van der Waals surface area contributed by atoms with Crippen LogP contribution in [-0.2, 0) is 0 Å². The number of carbonyl (C=O) groups excluding carboxylic acids is 1. The summed E-state index contributed by atoms with van der Waals surface area (Å²) >= 11 is 0. The van der Waals surface area contributed by atoms with Crippen molar-refractivity contribution in [1.29, 1.82) is 5.26 Å². The molecule has 1 atom stereocenters. The minimum atomic E-state index is -0.0940. The zero-order valence-electron chi connectivity index (χ0n) is 12.7. The molecule has 114 valence electrons. The van der Waals surface area contributed by atoms with Gasteiger partial charge in [-0.2, -0.15) is 5.26 Å². The van der Waals surface area contributed by atoms with Gasteiger partial charge in [-0.25, -0.2) is 4.79 Å². The lowest BCUT2D eigenvalue weighted by atomic mass is 10.1. The quantitative estimate of drug-likeness (QED) is 0.746. The second kappa shape index (κ2) is 8.82. The molecule has 2 N–H and O–H groups in total. The first-order valence-corrected chi connectivity index (χ1v) is 6.83. The second-order valence-corrected chi connectivity index (χ2v) is 4.82. The van der Waals surface area contributed by atoms with Crippen LogP contribution >= 0.6 is 0 Å². The maximum atomic E-state index is 11.3. The Labute approximate surface area is 125 Å². The Morgan fingerprint density at radius 3 is 2.57 bits per heavy atom. The van der Waals surface area contributed by atoms with Crippen LogP contribution in [0.4, 0.5) is 4.79 Å². The zero-order chi connectivity index (χ0) is 15.7. The fourth-order valence-corrected chi connectivity index (χ4v) is 1.70. The van der Waals surface area contributed by atoms with Crippen molar-refractivity contribution < 1.29 is 9.53 Å². The summed E-state index contributed by atoms with van der Waals surface area (Å²) in [5.41, 5.74) is 1.12. The van der Waals surface area contributed by atoms with Gasteiger partial charge in [-0.3, -0.25) is 0 Å². The number of ether oxygens (including phenoxy) is 1. The summed E-state index contributed by atoms with van der Waals surface area (Å²) in [6, 6.07) is 9.62. The molecule has 1 unspecified atom stereocenters. The van der Waals surface area contributed by atoms with E-state index in [1.807, 2.05) is 30.3 Å². The highest BCUT2D eigenvalue weighted by molar-refractivity contribution is 5.73. The zero-order valence-corrected chi connectivity index (χ0v) is 12.7. The Hall–Kier alpha value is -2.26. The van der Waals surface area contributed by atoms with Gasteiger partial charge in [0, 0.05) is 33.2 Å². The maximum absolute atomic E-state index is 11.3. The Bertz CT molecular complexity index is 479. The van der Waals surface area contributed by atoms with Gasteiger partial charge < -0.3 is 20.3 Å². The molecule has 1 aromatic carbocycles. The van der Waals surface area contributed by atoms with Gasteiger partial charge in [-0.1, -0.05) is 12.1 Å². The summed E-state index contributed by atoms with van der Waals surface area (Å²) in [4.78, 5) is 12.8. The summed E-state index contributed by atoms with van der Waals surface area (Å²) in [5, 5.41) is 14.6. The molecule has 0 saturated heterocycles. The molecule has 0 heterocycles. The van der Waals surface area contributed by atoms with Crippen molar-refractivity contribution in [2.45, 2.75) is 13.0 Å². The Balaban J connectivity index is 2.33. The number of nitriles is 1.